The highest BCUT2D eigenvalue weighted by atomic mass is 16.5. The van der Waals surface area contributed by atoms with Crippen molar-refractivity contribution in [2.45, 2.75) is 38.7 Å². The molecule has 0 bridgehead atoms. The molecule has 1 aliphatic rings. The fourth-order valence-corrected chi connectivity index (χ4v) is 2.31. The summed E-state index contributed by atoms with van der Waals surface area (Å²) < 4.78 is 5.07. The molecule has 0 spiro atoms. The van der Waals surface area contributed by atoms with Crippen LogP contribution in [0.15, 0.2) is 0 Å². The number of ether oxygens (including phenoxy) is 1. The molecule has 3 atom stereocenters. The Hall–Kier alpha value is -0.610. The van der Waals surface area contributed by atoms with Crippen LogP contribution in [0.5, 0.6) is 0 Å². The first-order chi connectivity index (χ1) is 7.65. The Kier molecular flexibility index (Phi) is 5.77. The number of hydrogen-bond acceptors (Lipinski definition) is 3. The number of hydrogen-bond donors (Lipinski definition) is 2. The molecule has 0 radical (unpaired) electrons. The van der Waals surface area contributed by atoms with Crippen LogP contribution in [-0.4, -0.2) is 32.2 Å². The predicted octanol–water partition coefficient (Wildman–Crippen LogP) is 0.903. The summed E-state index contributed by atoms with van der Waals surface area (Å²) in [5, 5.41) is 2.97. The van der Waals surface area contributed by atoms with E-state index in [-0.39, 0.29) is 12.0 Å². The molecule has 0 aromatic carbocycles. The third-order valence-corrected chi connectivity index (χ3v) is 3.40. The van der Waals surface area contributed by atoms with Crippen LogP contribution < -0.4 is 11.1 Å². The lowest BCUT2D eigenvalue weighted by atomic mass is 10.1. The molecule has 1 saturated carbocycles. The Morgan fingerprint density at radius 1 is 1.56 bits per heavy atom. The standard InChI is InChI=1S/C12H24N2O2/c1-9-3-4-10(5-9)8-14-12(15)6-11(7-13)16-2/h9-11H,3-8,13H2,1-2H3,(H,14,15). The van der Waals surface area contributed by atoms with Gasteiger partial charge in [0.05, 0.1) is 12.5 Å². The molecule has 94 valence electrons. The molecule has 0 aromatic rings. The van der Waals surface area contributed by atoms with Gasteiger partial charge in [0.25, 0.3) is 0 Å². The zero-order chi connectivity index (χ0) is 12.0. The molecule has 3 unspecified atom stereocenters. The second kappa shape index (κ2) is 6.86. The van der Waals surface area contributed by atoms with Crippen LogP contribution in [-0.2, 0) is 9.53 Å². The maximum absolute atomic E-state index is 11.6. The van der Waals surface area contributed by atoms with Crippen LogP contribution in [0.2, 0.25) is 0 Å². The van der Waals surface area contributed by atoms with E-state index >= 15 is 0 Å². The number of methoxy groups -OCH3 is 1. The van der Waals surface area contributed by atoms with Gasteiger partial charge in [0, 0.05) is 20.2 Å². The lowest BCUT2D eigenvalue weighted by molar-refractivity contribution is -0.123. The number of carbonyl (C=O) groups excluding carboxylic acids is 1. The number of nitrogens with two attached hydrogens (primary N) is 1. The SMILES string of the molecule is COC(CN)CC(=O)NCC1CCC(C)C1. The second-order valence-corrected chi connectivity index (χ2v) is 4.89. The van der Waals surface area contributed by atoms with Gasteiger partial charge in [-0.05, 0) is 24.7 Å². The third-order valence-electron chi connectivity index (χ3n) is 3.40. The first-order valence-electron chi connectivity index (χ1n) is 6.15. The van der Waals surface area contributed by atoms with Crippen molar-refractivity contribution in [1.29, 1.82) is 0 Å². The minimum Gasteiger partial charge on any atom is -0.380 e. The summed E-state index contributed by atoms with van der Waals surface area (Å²) in [5.74, 6) is 1.53. The summed E-state index contributed by atoms with van der Waals surface area (Å²) in [6, 6.07) is 0. The van der Waals surface area contributed by atoms with Crippen molar-refractivity contribution in [3.05, 3.63) is 0 Å². The molecule has 1 amide bonds. The quantitative estimate of drug-likeness (QED) is 0.710. The number of rotatable bonds is 6. The predicted molar refractivity (Wildman–Crippen MR) is 64.0 cm³/mol. The van der Waals surface area contributed by atoms with E-state index in [1.165, 1.54) is 19.3 Å². The van der Waals surface area contributed by atoms with Crippen LogP contribution in [0.4, 0.5) is 0 Å². The van der Waals surface area contributed by atoms with E-state index in [0.29, 0.717) is 18.9 Å². The molecule has 0 aromatic heterocycles. The highest BCUT2D eigenvalue weighted by Crippen LogP contribution is 2.29. The molecule has 3 N–H and O–H groups in total. The number of nitrogens with one attached hydrogen (secondary N) is 1. The van der Waals surface area contributed by atoms with Crippen molar-refractivity contribution in [3.8, 4) is 0 Å². The van der Waals surface area contributed by atoms with Gasteiger partial charge in [0.1, 0.15) is 0 Å². The summed E-state index contributed by atoms with van der Waals surface area (Å²) >= 11 is 0. The Bertz CT molecular complexity index is 217. The fraction of sp³-hybridized carbons (Fsp3) is 0.917. The molecule has 4 heteroatoms. The summed E-state index contributed by atoms with van der Waals surface area (Å²) in [5.41, 5.74) is 5.46. The number of carbonyl (C=O) groups is 1. The van der Waals surface area contributed by atoms with Gasteiger partial charge < -0.3 is 15.8 Å². The molecular weight excluding hydrogens is 204 g/mol. The van der Waals surface area contributed by atoms with E-state index in [9.17, 15) is 4.79 Å². The second-order valence-electron chi connectivity index (χ2n) is 4.89. The zero-order valence-electron chi connectivity index (χ0n) is 10.4. The number of amides is 1. The average molecular weight is 228 g/mol. The van der Waals surface area contributed by atoms with E-state index in [1.54, 1.807) is 7.11 Å². The molecular formula is C12H24N2O2. The lowest BCUT2D eigenvalue weighted by Crippen LogP contribution is -2.34. The van der Waals surface area contributed by atoms with Crippen LogP contribution in [0.25, 0.3) is 0 Å². The van der Waals surface area contributed by atoms with Crippen LogP contribution in [0, 0.1) is 11.8 Å². The van der Waals surface area contributed by atoms with Gasteiger partial charge in [0.15, 0.2) is 0 Å². The van der Waals surface area contributed by atoms with Gasteiger partial charge in [-0.15, -0.1) is 0 Å². The molecule has 0 saturated heterocycles. The molecule has 1 rings (SSSR count). The van der Waals surface area contributed by atoms with Crippen LogP contribution >= 0.6 is 0 Å². The molecule has 0 heterocycles. The fourth-order valence-electron chi connectivity index (χ4n) is 2.31. The Morgan fingerprint density at radius 2 is 2.31 bits per heavy atom. The van der Waals surface area contributed by atoms with Gasteiger partial charge in [-0.25, -0.2) is 0 Å². The van der Waals surface area contributed by atoms with E-state index in [2.05, 4.69) is 12.2 Å². The van der Waals surface area contributed by atoms with Crippen molar-refractivity contribution in [2.24, 2.45) is 17.6 Å². The van der Waals surface area contributed by atoms with Gasteiger partial charge >= 0.3 is 0 Å². The average Bonchev–Trinajstić information content (AvgIpc) is 2.69. The van der Waals surface area contributed by atoms with Gasteiger partial charge in [-0.3, -0.25) is 4.79 Å². The van der Waals surface area contributed by atoms with Crippen LogP contribution in [0.3, 0.4) is 0 Å². The summed E-state index contributed by atoms with van der Waals surface area (Å²) in [7, 11) is 1.59. The van der Waals surface area contributed by atoms with E-state index < -0.39 is 0 Å². The van der Waals surface area contributed by atoms with E-state index in [4.69, 9.17) is 10.5 Å². The monoisotopic (exact) mass is 228 g/mol. The van der Waals surface area contributed by atoms with Gasteiger partial charge in [-0.2, -0.15) is 0 Å². The van der Waals surface area contributed by atoms with Gasteiger partial charge in [0.2, 0.25) is 5.91 Å². The molecule has 16 heavy (non-hydrogen) atoms. The normalized spacial score (nSPS) is 26.7. The minimum absolute atomic E-state index is 0.0526. The summed E-state index contributed by atoms with van der Waals surface area (Å²) in [6.45, 7) is 3.48. The summed E-state index contributed by atoms with van der Waals surface area (Å²) in [4.78, 5) is 11.6. The zero-order valence-corrected chi connectivity index (χ0v) is 10.4. The van der Waals surface area contributed by atoms with Crippen molar-refractivity contribution in [2.75, 3.05) is 20.2 Å². The Balaban J connectivity index is 2.14. The van der Waals surface area contributed by atoms with Crippen molar-refractivity contribution in [1.82, 2.24) is 5.32 Å². The highest BCUT2D eigenvalue weighted by molar-refractivity contribution is 5.76. The smallest absolute Gasteiger partial charge is 0.222 e. The highest BCUT2D eigenvalue weighted by Gasteiger charge is 2.21. The van der Waals surface area contributed by atoms with E-state index in [0.717, 1.165) is 12.5 Å². The maximum Gasteiger partial charge on any atom is 0.222 e. The lowest BCUT2D eigenvalue weighted by Gasteiger charge is -2.14. The van der Waals surface area contributed by atoms with Crippen molar-refractivity contribution < 1.29 is 9.53 Å². The molecule has 4 nitrogen and oxygen atoms in total. The topological polar surface area (TPSA) is 64.3 Å². The third kappa shape index (κ3) is 4.49. The first kappa shape index (κ1) is 13.5. The van der Waals surface area contributed by atoms with Crippen molar-refractivity contribution >= 4 is 5.91 Å². The molecule has 1 aliphatic carbocycles. The molecule has 0 aliphatic heterocycles. The van der Waals surface area contributed by atoms with E-state index in [1.807, 2.05) is 0 Å². The van der Waals surface area contributed by atoms with Crippen molar-refractivity contribution in [3.63, 3.8) is 0 Å². The Labute approximate surface area is 97.9 Å². The molecule has 1 fully saturated rings. The maximum atomic E-state index is 11.6. The van der Waals surface area contributed by atoms with Gasteiger partial charge in [-0.1, -0.05) is 13.3 Å². The Morgan fingerprint density at radius 3 is 2.81 bits per heavy atom. The first-order valence-corrected chi connectivity index (χ1v) is 6.15. The van der Waals surface area contributed by atoms with Crippen LogP contribution in [0.1, 0.15) is 32.6 Å². The largest absolute Gasteiger partial charge is 0.380 e. The summed E-state index contributed by atoms with van der Waals surface area (Å²) in [6.07, 6.45) is 4.00. The minimum atomic E-state index is -0.150.